The summed E-state index contributed by atoms with van der Waals surface area (Å²) < 4.78 is 0. The van der Waals surface area contributed by atoms with Crippen molar-refractivity contribution < 1.29 is 4.79 Å². The van der Waals surface area contributed by atoms with Gasteiger partial charge in [-0.25, -0.2) is 4.98 Å². The van der Waals surface area contributed by atoms with E-state index in [2.05, 4.69) is 20.5 Å². The summed E-state index contributed by atoms with van der Waals surface area (Å²) in [6, 6.07) is 8.06. The summed E-state index contributed by atoms with van der Waals surface area (Å²) in [5.74, 6) is 2.50. The minimum absolute atomic E-state index is 0.00934. The zero-order chi connectivity index (χ0) is 17.4. The van der Waals surface area contributed by atoms with E-state index in [4.69, 9.17) is 5.73 Å². The van der Waals surface area contributed by atoms with Crippen molar-refractivity contribution in [1.29, 1.82) is 0 Å². The topological polar surface area (TPSA) is 96.7 Å². The first-order valence-electron chi connectivity index (χ1n) is 9.16. The lowest BCUT2D eigenvalue weighted by Crippen LogP contribution is -2.53. The molecule has 132 valence electrons. The van der Waals surface area contributed by atoms with Gasteiger partial charge in [0.1, 0.15) is 5.82 Å². The largest absolute Gasteiger partial charge is 0.349 e. The standard InChI is InChI=1S/C19H25N5O/c1-11-21-18(24-23-11)12-5-7-13(8-6-12)19(25)22-17-14-3-2-4-15(17)10-16(20)9-14/h5-8,14-17H,2-4,9-10,20H2,1H3,(H,22,25)(H,21,23,24). The van der Waals surface area contributed by atoms with Crippen molar-refractivity contribution in [3.05, 3.63) is 35.7 Å². The molecule has 2 unspecified atom stereocenters. The van der Waals surface area contributed by atoms with Crippen molar-refractivity contribution in [1.82, 2.24) is 20.5 Å². The summed E-state index contributed by atoms with van der Waals surface area (Å²) in [4.78, 5) is 17.0. The molecule has 2 bridgehead atoms. The van der Waals surface area contributed by atoms with Gasteiger partial charge in [-0.2, -0.15) is 5.10 Å². The molecule has 0 spiro atoms. The Morgan fingerprint density at radius 3 is 2.48 bits per heavy atom. The predicted octanol–water partition coefficient (Wildman–Crippen LogP) is 2.42. The maximum atomic E-state index is 12.7. The number of H-pyrrole nitrogens is 1. The van der Waals surface area contributed by atoms with Gasteiger partial charge < -0.3 is 11.1 Å². The number of carbonyl (C=O) groups is 1. The quantitative estimate of drug-likeness (QED) is 0.800. The second-order valence-corrected chi connectivity index (χ2v) is 7.50. The van der Waals surface area contributed by atoms with Crippen molar-refractivity contribution in [2.75, 3.05) is 0 Å². The van der Waals surface area contributed by atoms with Crippen molar-refractivity contribution in [3.63, 3.8) is 0 Å². The number of aromatic amines is 1. The minimum atomic E-state index is 0.00934. The van der Waals surface area contributed by atoms with Crippen LogP contribution < -0.4 is 11.1 Å². The predicted molar refractivity (Wildman–Crippen MR) is 95.9 cm³/mol. The summed E-state index contributed by atoms with van der Waals surface area (Å²) in [7, 11) is 0. The Kier molecular flexibility index (Phi) is 4.29. The zero-order valence-electron chi connectivity index (χ0n) is 14.5. The highest BCUT2D eigenvalue weighted by atomic mass is 16.1. The summed E-state index contributed by atoms with van der Waals surface area (Å²) in [5.41, 5.74) is 7.76. The van der Waals surface area contributed by atoms with Crippen LogP contribution in [0.15, 0.2) is 24.3 Å². The van der Waals surface area contributed by atoms with Gasteiger partial charge in [0, 0.05) is 23.2 Å². The van der Waals surface area contributed by atoms with Crippen molar-refractivity contribution in [2.45, 2.75) is 51.1 Å². The molecule has 0 radical (unpaired) electrons. The molecule has 0 aliphatic heterocycles. The number of nitrogens with zero attached hydrogens (tertiary/aromatic N) is 2. The molecule has 4 N–H and O–H groups in total. The Morgan fingerprint density at radius 2 is 1.88 bits per heavy atom. The molecule has 2 aliphatic carbocycles. The highest BCUT2D eigenvalue weighted by molar-refractivity contribution is 5.94. The average molecular weight is 339 g/mol. The summed E-state index contributed by atoms with van der Waals surface area (Å²) in [6.45, 7) is 1.87. The van der Waals surface area contributed by atoms with Crippen LogP contribution in [-0.4, -0.2) is 33.2 Å². The van der Waals surface area contributed by atoms with E-state index in [0.29, 0.717) is 29.3 Å². The molecule has 2 atom stereocenters. The van der Waals surface area contributed by atoms with Crippen LogP contribution in [0.25, 0.3) is 11.4 Å². The second kappa shape index (κ2) is 6.59. The van der Waals surface area contributed by atoms with Crippen molar-refractivity contribution >= 4 is 5.91 Å². The van der Waals surface area contributed by atoms with Gasteiger partial charge in [0.15, 0.2) is 5.82 Å². The van der Waals surface area contributed by atoms with E-state index in [1.54, 1.807) is 0 Å². The lowest BCUT2D eigenvalue weighted by Gasteiger charge is -2.45. The van der Waals surface area contributed by atoms with Crippen LogP contribution in [0.2, 0.25) is 0 Å². The third-order valence-electron chi connectivity index (χ3n) is 5.68. The molecule has 1 heterocycles. The number of hydrogen-bond donors (Lipinski definition) is 3. The number of aryl methyl sites for hydroxylation is 1. The van der Waals surface area contributed by atoms with Gasteiger partial charge in [-0.15, -0.1) is 0 Å². The summed E-state index contributed by atoms with van der Waals surface area (Å²) in [6.07, 6.45) is 5.69. The number of carbonyl (C=O) groups excluding carboxylic acids is 1. The van der Waals surface area contributed by atoms with E-state index >= 15 is 0 Å². The van der Waals surface area contributed by atoms with Crippen LogP contribution in [-0.2, 0) is 0 Å². The lowest BCUT2D eigenvalue weighted by atomic mass is 9.67. The molecule has 0 saturated heterocycles. The van der Waals surface area contributed by atoms with Gasteiger partial charge in [-0.3, -0.25) is 9.89 Å². The lowest BCUT2D eigenvalue weighted by molar-refractivity contribution is 0.0756. The molecule has 6 heteroatoms. The highest BCUT2D eigenvalue weighted by Gasteiger charge is 2.39. The number of nitrogens with one attached hydrogen (secondary N) is 2. The molecule has 6 nitrogen and oxygen atoms in total. The molecule has 2 saturated carbocycles. The monoisotopic (exact) mass is 339 g/mol. The molecule has 1 aromatic heterocycles. The summed E-state index contributed by atoms with van der Waals surface area (Å²) >= 11 is 0. The van der Waals surface area contributed by atoms with E-state index in [9.17, 15) is 4.79 Å². The first-order valence-corrected chi connectivity index (χ1v) is 9.16. The SMILES string of the molecule is Cc1nc(-c2ccc(C(=O)NC3C4CCCC3CC(N)C4)cc2)n[nH]1. The van der Waals surface area contributed by atoms with Gasteiger partial charge in [-0.1, -0.05) is 18.6 Å². The highest BCUT2D eigenvalue weighted by Crippen LogP contribution is 2.39. The molecule has 1 amide bonds. The van der Waals surface area contributed by atoms with Crippen molar-refractivity contribution in [3.8, 4) is 11.4 Å². The van der Waals surface area contributed by atoms with E-state index in [0.717, 1.165) is 24.2 Å². The molecule has 25 heavy (non-hydrogen) atoms. The Bertz CT molecular complexity index is 739. The van der Waals surface area contributed by atoms with E-state index in [1.165, 1.54) is 19.3 Å². The molecule has 2 aromatic rings. The van der Waals surface area contributed by atoms with Crippen LogP contribution in [0, 0.1) is 18.8 Å². The second-order valence-electron chi connectivity index (χ2n) is 7.50. The Hall–Kier alpha value is -2.21. The first-order chi connectivity index (χ1) is 12.1. The smallest absolute Gasteiger partial charge is 0.251 e. The van der Waals surface area contributed by atoms with E-state index in [1.807, 2.05) is 31.2 Å². The van der Waals surface area contributed by atoms with Crippen LogP contribution >= 0.6 is 0 Å². The fraction of sp³-hybridized carbons (Fsp3) is 0.526. The Labute approximate surface area is 147 Å². The number of hydrogen-bond acceptors (Lipinski definition) is 4. The van der Waals surface area contributed by atoms with Gasteiger partial charge in [0.05, 0.1) is 0 Å². The molecular formula is C19H25N5O. The van der Waals surface area contributed by atoms with E-state index in [-0.39, 0.29) is 11.9 Å². The number of rotatable bonds is 3. The van der Waals surface area contributed by atoms with Crippen LogP contribution in [0.4, 0.5) is 0 Å². The number of fused-ring (bicyclic) bond motifs is 2. The number of amides is 1. The molecule has 4 rings (SSSR count). The molecule has 2 fully saturated rings. The number of benzene rings is 1. The molecule has 1 aromatic carbocycles. The van der Waals surface area contributed by atoms with Crippen LogP contribution in [0.1, 0.15) is 48.3 Å². The minimum Gasteiger partial charge on any atom is -0.349 e. The Morgan fingerprint density at radius 1 is 1.20 bits per heavy atom. The van der Waals surface area contributed by atoms with Gasteiger partial charge in [0.2, 0.25) is 0 Å². The van der Waals surface area contributed by atoms with Crippen LogP contribution in [0.3, 0.4) is 0 Å². The van der Waals surface area contributed by atoms with Crippen LogP contribution in [0.5, 0.6) is 0 Å². The maximum absolute atomic E-state index is 12.7. The third kappa shape index (κ3) is 3.31. The van der Waals surface area contributed by atoms with Gasteiger partial charge >= 0.3 is 0 Å². The Balaban J connectivity index is 1.46. The van der Waals surface area contributed by atoms with Crippen molar-refractivity contribution in [2.24, 2.45) is 17.6 Å². The number of aromatic nitrogens is 3. The molecule has 2 aliphatic rings. The average Bonchev–Trinajstić information content (AvgIpc) is 3.02. The fourth-order valence-corrected chi connectivity index (χ4v) is 4.50. The van der Waals surface area contributed by atoms with E-state index < -0.39 is 0 Å². The van der Waals surface area contributed by atoms with Gasteiger partial charge in [-0.05, 0) is 56.6 Å². The normalized spacial score (nSPS) is 28.6. The first kappa shape index (κ1) is 16.3. The fourth-order valence-electron chi connectivity index (χ4n) is 4.50. The third-order valence-corrected chi connectivity index (χ3v) is 5.68. The maximum Gasteiger partial charge on any atom is 0.251 e. The number of nitrogens with two attached hydrogens (primary N) is 1. The summed E-state index contributed by atoms with van der Waals surface area (Å²) in [5, 5.41) is 10.3. The zero-order valence-corrected chi connectivity index (χ0v) is 14.5. The van der Waals surface area contributed by atoms with Gasteiger partial charge in [0.25, 0.3) is 5.91 Å². The molecular weight excluding hydrogens is 314 g/mol.